The summed E-state index contributed by atoms with van der Waals surface area (Å²) in [6.45, 7) is 2.20. The molecule has 0 saturated heterocycles. The van der Waals surface area contributed by atoms with E-state index in [1.807, 2.05) is 6.92 Å². The fraction of sp³-hybridized carbons (Fsp3) is 0.914. The van der Waals surface area contributed by atoms with E-state index in [9.17, 15) is 24.6 Å². The zero-order chi connectivity index (χ0) is 30.6. The molecule has 4 rings (SSSR count). The first-order valence-corrected chi connectivity index (χ1v) is 17.8. The lowest BCUT2D eigenvalue weighted by molar-refractivity contribution is -0.378. The number of hydrogen-bond donors (Lipinski definition) is 2. The molecule has 0 bridgehead atoms. The normalized spacial score (nSPS) is 31.7. The van der Waals surface area contributed by atoms with Gasteiger partial charge in [-0.2, -0.15) is 4.89 Å². The van der Waals surface area contributed by atoms with Crippen LogP contribution in [0.4, 0.5) is 0 Å². The fourth-order valence-electron chi connectivity index (χ4n) is 8.82. The molecule has 8 nitrogen and oxygen atoms in total. The molecule has 0 aromatic carbocycles. The van der Waals surface area contributed by atoms with Gasteiger partial charge in [0.15, 0.2) is 0 Å². The number of carboxylic acid groups (broad SMARTS) is 2. The van der Waals surface area contributed by atoms with E-state index in [-0.39, 0.29) is 12.5 Å². The highest BCUT2D eigenvalue weighted by Crippen LogP contribution is 2.42. The largest absolute Gasteiger partial charge is 0.481 e. The summed E-state index contributed by atoms with van der Waals surface area (Å²) in [4.78, 5) is 49.0. The number of carbonyl (C=O) groups excluding carboxylic acids is 1. The minimum absolute atomic E-state index is 0.141. The Morgan fingerprint density at radius 3 is 1.79 bits per heavy atom. The predicted molar refractivity (Wildman–Crippen MR) is 163 cm³/mol. The average Bonchev–Trinajstić information content (AvgIpc) is 3.00. The summed E-state index contributed by atoms with van der Waals surface area (Å²) in [5.74, 6) is -1.91. The Bertz CT molecular complexity index is 864. The standard InChI is InChI=1S/C35H58O8/c1-2-3-14-32(42-35(40)31-22-27(16-18-30(31)34(38)39)20-25-12-8-5-9-13-25)43-41-23-28-21-26(15-17-29(28)33(36)37)19-24-10-6-4-7-11-24/h24-32H,2-23H2,1H3,(H,36,37)(H,38,39). The van der Waals surface area contributed by atoms with Gasteiger partial charge in [-0.25, -0.2) is 4.89 Å². The van der Waals surface area contributed by atoms with Gasteiger partial charge in [0.1, 0.15) is 0 Å². The van der Waals surface area contributed by atoms with Gasteiger partial charge in [0.2, 0.25) is 6.29 Å². The van der Waals surface area contributed by atoms with Gasteiger partial charge in [0.05, 0.1) is 24.4 Å². The van der Waals surface area contributed by atoms with Gasteiger partial charge in [-0.15, -0.1) is 0 Å². The number of carbonyl (C=O) groups is 3. The molecular weight excluding hydrogens is 548 g/mol. The highest BCUT2D eigenvalue weighted by Gasteiger charge is 2.42. The predicted octanol–water partition coefficient (Wildman–Crippen LogP) is 8.17. The molecule has 2 N–H and O–H groups in total. The Labute approximate surface area is 258 Å². The average molecular weight is 607 g/mol. The molecule has 0 spiro atoms. The number of esters is 1. The molecule has 4 aliphatic rings. The summed E-state index contributed by atoms with van der Waals surface area (Å²) in [5, 5.41) is 19.8. The topological polar surface area (TPSA) is 119 Å². The van der Waals surface area contributed by atoms with Crippen LogP contribution >= 0.6 is 0 Å². The number of rotatable bonds is 15. The molecule has 7 atom stereocenters. The number of aliphatic carboxylic acids is 2. The molecule has 43 heavy (non-hydrogen) atoms. The number of unbranched alkanes of at least 4 members (excludes halogenated alkanes) is 1. The summed E-state index contributed by atoms with van der Waals surface area (Å²) < 4.78 is 5.83. The number of ether oxygens (including phenoxy) is 1. The van der Waals surface area contributed by atoms with Crippen LogP contribution in [0.5, 0.6) is 0 Å². The van der Waals surface area contributed by atoms with E-state index >= 15 is 0 Å². The maximum Gasteiger partial charge on any atom is 0.312 e. The van der Waals surface area contributed by atoms with Crippen molar-refractivity contribution in [1.29, 1.82) is 0 Å². The second-order valence-electron chi connectivity index (χ2n) is 14.5. The Kier molecular flexibility index (Phi) is 14.1. The summed E-state index contributed by atoms with van der Waals surface area (Å²) in [6.07, 6.45) is 20.6. The summed E-state index contributed by atoms with van der Waals surface area (Å²) in [7, 11) is 0. The van der Waals surface area contributed by atoms with Crippen LogP contribution < -0.4 is 0 Å². The van der Waals surface area contributed by atoms with Gasteiger partial charge in [-0.3, -0.25) is 14.4 Å². The lowest BCUT2D eigenvalue weighted by Crippen LogP contribution is -2.39. The van der Waals surface area contributed by atoms with E-state index in [1.165, 1.54) is 70.6 Å². The Balaban J connectivity index is 1.31. The van der Waals surface area contributed by atoms with Crippen LogP contribution in [0.1, 0.15) is 142 Å². The van der Waals surface area contributed by atoms with Crippen molar-refractivity contribution in [3.05, 3.63) is 0 Å². The minimum atomic E-state index is -0.930. The van der Waals surface area contributed by atoms with E-state index in [1.54, 1.807) is 0 Å². The molecular formula is C35H58O8. The van der Waals surface area contributed by atoms with Crippen LogP contribution in [0.2, 0.25) is 0 Å². The summed E-state index contributed by atoms with van der Waals surface area (Å²) in [5.41, 5.74) is 0. The smallest absolute Gasteiger partial charge is 0.312 e. The maximum absolute atomic E-state index is 13.5. The van der Waals surface area contributed by atoms with Crippen LogP contribution in [0.25, 0.3) is 0 Å². The third-order valence-corrected chi connectivity index (χ3v) is 11.3. The van der Waals surface area contributed by atoms with Gasteiger partial charge in [0, 0.05) is 6.42 Å². The van der Waals surface area contributed by atoms with Crippen LogP contribution in [-0.2, 0) is 28.9 Å². The summed E-state index contributed by atoms with van der Waals surface area (Å²) >= 11 is 0. The van der Waals surface area contributed by atoms with Crippen LogP contribution in [0.15, 0.2) is 0 Å². The van der Waals surface area contributed by atoms with Crippen molar-refractivity contribution in [2.24, 2.45) is 47.3 Å². The molecule has 4 saturated carbocycles. The zero-order valence-electron chi connectivity index (χ0n) is 26.6. The van der Waals surface area contributed by atoms with Crippen molar-refractivity contribution >= 4 is 17.9 Å². The maximum atomic E-state index is 13.5. The lowest BCUT2D eigenvalue weighted by atomic mass is 9.70. The molecule has 0 amide bonds. The van der Waals surface area contributed by atoms with Crippen LogP contribution in [-0.4, -0.2) is 41.0 Å². The fourth-order valence-corrected chi connectivity index (χ4v) is 8.82. The van der Waals surface area contributed by atoms with Crippen molar-refractivity contribution in [1.82, 2.24) is 0 Å². The van der Waals surface area contributed by atoms with Gasteiger partial charge in [-0.05, 0) is 87.4 Å². The van der Waals surface area contributed by atoms with Crippen LogP contribution in [0.3, 0.4) is 0 Å². The monoisotopic (exact) mass is 606 g/mol. The number of hydrogen-bond acceptors (Lipinski definition) is 6. The van der Waals surface area contributed by atoms with Crippen molar-refractivity contribution in [2.75, 3.05) is 6.61 Å². The molecule has 0 aromatic heterocycles. The van der Waals surface area contributed by atoms with E-state index in [2.05, 4.69) is 0 Å². The van der Waals surface area contributed by atoms with Crippen molar-refractivity contribution in [3.63, 3.8) is 0 Å². The quantitative estimate of drug-likeness (QED) is 0.0829. The van der Waals surface area contributed by atoms with E-state index < -0.39 is 42.0 Å². The van der Waals surface area contributed by atoms with Crippen molar-refractivity contribution in [3.8, 4) is 0 Å². The third-order valence-electron chi connectivity index (χ3n) is 11.3. The minimum Gasteiger partial charge on any atom is -0.481 e. The van der Waals surface area contributed by atoms with E-state index in [4.69, 9.17) is 14.5 Å². The van der Waals surface area contributed by atoms with Crippen molar-refractivity contribution < 1.29 is 39.1 Å². The SMILES string of the molecule is CCCCC(OOCC1CC(CC2CCCCC2)CCC1C(=O)O)OC(=O)C1CC(CC2CCCCC2)CCC1C(=O)O. The molecule has 4 fully saturated rings. The highest BCUT2D eigenvalue weighted by atomic mass is 17.2. The number of carboxylic acids is 2. The molecule has 0 aliphatic heterocycles. The molecule has 8 heteroatoms. The van der Waals surface area contributed by atoms with Gasteiger partial charge >= 0.3 is 17.9 Å². The third kappa shape index (κ3) is 10.7. The Morgan fingerprint density at radius 2 is 1.23 bits per heavy atom. The van der Waals surface area contributed by atoms with Crippen LogP contribution in [0, 0.1) is 47.3 Å². The first kappa shape index (κ1) is 34.2. The Hall–Kier alpha value is -1.67. The van der Waals surface area contributed by atoms with Gasteiger partial charge in [0.25, 0.3) is 0 Å². The molecule has 246 valence electrons. The molecule has 7 unspecified atom stereocenters. The first-order chi connectivity index (χ1) is 20.8. The second-order valence-corrected chi connectivity index (χ2v) is 14.5. The second kappa shape index (κ2) is 17.7. The lowest BCUT2D eigenvalue weighted by Gasteiger charge is -2.36. The highest BCUT2D eigenvalue weighted by molar-refractivity contribution is 5.81. The van der Waals surface area contributed by atoms with Crippen molar-refractivity contribution in [2.45, 2.75) is 148 Å². The molecule has 0 heterocycles. The molecule has 4 aliphatic carbocycles. The zero-order valence-corrected chi connectivity index (χ0v) is 26.6. The Morgan fingerprint density at radius 1 is 0.674 bits per heavy atom. The van der Waals surface area contributed by atoms with Gasteiger partial charge in [-0.1, -0.05) is 77.6 Å². The molecule has 0 aromatic rings. The summed E-state index contributed by atoms with van der Waals surface area (Å²) in [6, 6.07) is 0. The van der Waals surface area contributed by atoms with E-state index in [0.29, 0.717) is 43.4 Å². The first-order valence-electron chi connectivity index (χ1n) is 17.8. The van der Waals surface area contributed by atoms with Gasteiger partial charge < -0.3 is 14.9 Å². The molecule has 0 radical (unpaired) electrons. The van der Waals surface area contributed by atoms with E-state index in [0.717, 1.165) is 44.4 Å².